The first kappa shape index (κ1) is 13.3. The van der Waals surface area contributed by atoms with E-state index in [1.54, 1.807) is 35.3 Å². The highest BCUT2D eigenvalue weighted by Gasteiger charge is 2.12. The predicted octanol–water partition coefficient (Wildman–Crippen LogP) is 1.47. The third kappa shape index (κ3) is 3.20. The molecular formula is C14H17N3O2. The SMILES string of the molecule is CCOc1cccc(C(=O)c2cn(CCN)cn2)c1. The van der Waals surface area contributed by atoms with Crippen LogP contribution >= 0.6 is 0 Å². The van der Waals surface area contributed by atoms with Crippen LogP contribution in [0.4, 0.5) is 0 Å². The van der Waals surface area contributed by atoms with E-state index < -0.39 is 0 Å². The smallest absolute Gasteiger partial charge is 0.213 e. The molecule has 0 amide bonds. The molecule has 0 spiro atoms. The molecule has 0 radical (unpaired) electrons. The summed E-state index contributed by atoms with van der Waals surface area (Å²) in [4.78, 5) is 16.4. The van der Waals surface area contributed by atoms with Crippen molar-refractivity contribution < 1.29 is 9.53 Å². The van der Waals surface area contributed by atoms with Gasteiger partial charge in [0.05, 0.1) is 12.9 Å². The highest BCUT2D eigenvalue weighted by atomic mass is 16.5. The van der Waals surface area contributed by atoms with Crippen LogP contribution in [0.25, 0.3) is 0 Å². The Bertz CT molecular complexity index is 563. The molecule has 0 aliphatic carbocycles. The number of benzene rings is 1. The van der Waals surface area contributed by atoms with E-state index in [9.17, 15) is 4.79 Å². The van der Waals surface area contributed by atoms with Crippen LogP contribution in [0.5, 0.6) is 5.75 Å². The minimum Gasteiger partial charge on any atom is -0.494 e. The Labute approximate surface area is 112 Å². The number of carbonyl (C=O) groups excluding carboxylic acids is 1. The standard InChI is InChI=1S/C14H17N3O2/c1-2-19-12-5-3-4-11(8-12)14(18)13-9-17(7-6-15)10-16-13/h3-5,8-10H,2,6-7,15H2,1H3. The summed E-state index contributed by atoms with van der Waals surface area (Å²) < 4.78 is 7.19. The molecule has 5 nitrogen and oxygen atoms in total. The lowest BCUT2D eigenvalue weighted by Crippen LogP contribution is -2.08. The Balaban J connectivity index is 2.20. The van der Waals surface area contributed by atoms with Crippen molar-refractivity contribution >= 4 is 5.78 Å². The van der Waals surface area contributed by atoms with Gasteiger partial charge in [0, 0.05) is 24.8 Å². The zero-order chi connectivity index (χ0) is 13.7. The Kier molecular flexibility index (Phi) is 4.30. The quantitative estimate of drug-likeness (QED) is 0.797. The highest BCUT2D eigenvalue weighted by Crippen LogP contribution is 2.16. The van der Waals surface area contributed by atoms with Gasteiger partial charge in [0.2, 0.25) is 5.78 Å². The number of imidazole rings is 1. The maximum atomic E-state index is 12.3. The average Bonchev–Trinajstić information content (AvgIpc) is 2.88. The minimum absolute atomic E-state index is 0.114. The van der Waals surface area contributed by atoms with E-state index in [4.69, 9.17) is 10.5 Å². The summed E-state index contributed by atoms with van der Waals surface area (Å²) >= 11 is 0. The lowest BCUT2D eigenvalue weighted by Gasteiger charge is -2.04. The fourth-order valence-corrected chi connectivity index (χ4v) is 1.79. The van der Waals surface area contributed by atoms with Crippen molar-refractivity contribution in [3.8, 4) is 5.75 Å². The first-order chi connectivity index (χ1) is 9.24. The molecule has 19 heavy (non-hydrogen) atoms. The van der Waals surface area contributed by atoms with Crippen molar-refractivity contribution in [1.29, 1.82) is 0 Å². The second-order valence-corrected chi connectivity index (χ2v) is 4.08. The van der Waals surface area contributed by atoms with Gasteiger partial charge < -0.3 is 15.0 Å². The fraction of sp³-hybridized carbons (Fsp3) is 0.286. The normalized spacial score (nSPS) is 10.4. The number of aromatic nitrogens is 2. The second kappa shape index (κ2) is 6.15. The van der Waals surface area contributed by atoms with E-state index in [-0.39, 0.29) is 5.78 Å². The maximum absolute atomic E-state index is 12.3. The van der Waals surface area contributed by atoms with Crippen molar-refractivity contribution in [3.05, 3.63) is 48.0 Å². The molecule has 0 aliphatic heterocycles. The van der Waals surface area contributed by atoms with E-state index in [1.807, 2.05) is 13.0 Å². The lowest BCUT2D eigenvalue weighted by molar-refractivity contribution is 0.103. The van der Waals surface area contributed by atoms with Gasteiger partial charge in [-0.25, -0.2) is 4.98 Å². The van der Waals surface area contributed by atoms with Crippen molar-refractivity contribution in [1.82, 2.24) is 9.55 Å². The molecule has 1 aromatic heterocycles. The molecule has 0 saturated heterocycles. The summed E-state index contributed by atoms with van der Waals surface area (Å²) in [5.41, 5.74) is 6.45. The Morgan fingerprint density at radius 3 is 3.05 bits per heavy atom. The van der Waals surface area contributed by atoms with Crippen molar-refractivity contribution in [2.75, 3.05) is 13.2 Å². The maximum Gasteiger partial charge on any atom is 0.213 e. The number of nitrogens with zero attached hydrogens (tertiary/aromatic N) is 2. The van der Waals surface area contributed by atoms with Gasteiger partial charge in [-0.2, -0.15) is 0 Å². The summed E-state index contributed by atoms with van der Waals surface area (Å²) in [5.74, 6) is 0.576. The van der Waals surface area contributed by atoms with Gasteiger partial charge in [-0.3, -0.25) is 4.79 Å². The minimum atomic E-state index is -0.114. The van der Waals surface area contributed by atoms with Crippen molar-refractivity contribution in [2.24, 2.45) is 5.73 Å². The number of nitrogens with two attached hydrogens (primary N) is 1. The zero-order valence-corrected chi connectivity index (χ0v) is 10.9. The molecule has 5 heteroatoms. The van der Waals surface area contributed by atoms with Gasteiger partial charge in [-0.05, 0) is 19.1 Å². The topological polar surface area (TPSA) is 70.1 Å². The molecule has 2 aromatic rings. The molecule has 0 aliphatic rings. The van der Waals surface area contributed by atoms with E-state index in [0.29, 0.717) is 36.7 Å². The molecule has 1 aromatic carbocycles. The van der Waals surface area contributed by atoms with Crippen LogP contribution in [0.2, 0.25) is 0 Å². The number of carbonyl (C=O) groups is 1. The third-order valence-corrected chi connectivity index (χ3v) is 2.66. The molecule has 2 N–H and O–H groups in total. The fourth-order valence-electron chi connectivity index (χ4n) is 1.79. The monoisotopic (exact) mass is 259 g/mol. The molecule has 0 unspecified atom stereocenters. The van der Waals surface area contributed by atoms with Crippen LogP contribution in [-0.2, 0) is 6.54 Å². The van der Waals surface area contributed by atoms with Gasteiger partial charge in [0.1, 0.15) is 11.4 Å². The number of ether oxygens (including phenoxy) is 1. The van der Waals surface area contributed by atoms with Crippen LogP contribution in [0.15, 0.2) is 36.8 Å². The number of hydrogen-bond donors (Lipinski definition) is 1. The van der Waals surface area contributed by atoms with Crippen molar-refractivity contribution in [3.63, 3.8) is 0 Å². The summed E-state index contributed by atoms with van der Waals surface area (Å²) in [5, 5.41) is 0. The molecule has 0 fully saturated rings. The van der Waals surface area contributed by atoms with E-state index in [2.05, 4.69) is 4.98 Å². The molecular weight excluding hydrogens is 242 g/mol. The summed E-state index contributed by atoms with van der Waals surface area (Å²) in [6.45, 7) is 3.65. The molecule has 100 valence electrons. The molecule has 0 atom stereocenters. The van der Waals surface area contributed by atoms with Gasteiger partial charge in [-0.15, -0.1) is 0 Å². The average molecular weight is 259 g/mol. The highest BCUT2D eigenvalue weighted by molar-refractivity contribution is 6.07. The number of rotatable bonds is 6. The van der Waals surface area contributed by atoms with Gasteiger partial charge in [0.25, 0.3) is 0 Å². The van der Waals surface area contributed by atoms with Crippen LogP contribution in [0.1, 0.15) is 23.0 Å². The van der Waals surface area contributed by atoms with E-state index in [1.165, 1.54) is 0 Å². The third-order valence-electron chi connectivity index (χ3n) is 2.66. The molecule has 0 bridgehead atoms. The molecule has 0 saturated carbocycles. The largest absolute Gasteiger partial charge is 0.494 e. The first-order valence-corrected chi connectivity index (χ1v) is 6.24. The van der Waals surface area contributed by atoms with Crippen LogP contribution in [0.3, 0.4) is 0 Å². The van der Waals surface area contributed by atoms with Crippen LogP contribution < -0.4 is 10.5 Å². The Hall–Kier alpha value is -2.14. The Morgan fingerprint density at radius 1 is 1.47 bits per heavy atom. The molecule has 2 rings (SSSR count). The van der Waals surface area contributed by atoms with Crippen molar-refractivity contribution in [2.45, 2.75) is 13.5 Å². The number of ketones is 1. The number of hydrogen-bond acceptors (Lipinski definition) is 4. The van der Waals surface area contributed by atoms with Gasteiger partial charge >= 0.3 is 0 Å². The summed E-state index contributed by atoms with van der Waals surface area (Å²) in [6, 6.07) is 7.11. The van der Waals surface area contributed by atoms with E-state index >= 15 is 0 Å². The predicted molar refractivity (Wildman–Crippen MR) is 72.3 cm³/mol. The first-order valence-electron chi connectivity index (χ1n) is 6.24. The zero-order valence-electron chi connectivity index (χ0n) is 10.9. The van der Waals surface area contributed by atoms with Crippen LogP contribution in [-0.4, -0.2) is 28.5 Å². The summed E-state index contributed by atoms with van der Waals surface area (Å²) in [7, 11) is 0. The lowest BCUT2D eigenvalue weighted by atomic mass is 10.1. The molecule has 1 heterocycles. The second-order valence-electron chi connectivity index (χ2n) is 4.08. The van der Waals surface area contributed by atoms with Crippen LogP contribution in [0, 0.1) is 0 Å². The van der Waals surface area contributed by atoms with Gasteiger partial charge in [0.15, 0.2) is 0 Å². The summed E-state index contributed by atoms with van der Waals surface area (Å²) in [6.07, 6.45) is 3.33. The van der Waals surface area contributed by atoms with E-state index in [0.717, 1.165) is 0 Å². The Morgan fingerprint density at radius 2 is 2.32 bits per heavy atom. The van der Waals surface area contributed by atoms with Gasteiger partial charge in [-0.1, -0.05) is 12.1 Å².